The van der Waals surface area contributed by atoms with Gasteiger partial charge in [-0.25, -0.2) is 8.42 Å². The molecule has 13 nitrogen and oxygen atoms in total. The molecule has 2 rings (SSSR count). The van der Waals surface area contributed by atoms with Gasteiger partial charge in [0, 0.05) is 39.6 Å². The van der Waals surface area contributed by atoms with E-state index in [1.165, 1.54) is 18.2 Å². The molecule has 0 saturated carbocycles. The van der Waals surface area contributed by atoms with Crippen LogP contribution in [0.15, 0.2) is 60.7 Å². The number of nitrogens with one attached hydrogen (secondary N) is 3. The van der Waals surface area contributed by atoms with Gasteiger partial charge in [0.25, 0.3) is 17.7 Å². The van der Waals surface area contributed by atoms with Crippen LogP contribution < -0.4 is 15.4 Å². The Hall–Kier alpha value is -4.40. The van der Waals surface area contributed by atoms with E-state index in [1.54, 1.807) is 19.1 Å². The van der Waals surface area contributed by atoms with Gasteiger partial charge >= 0.3 is 0 Å². The van der Waals surface area contributed by atoms with Crippen LogP contribution in [0.2, 0.25) is 0 Å². The van der Waals surface area contributed by atoms with Gasteiger partial charge in [0.1, 0.15) is 12.4 Å². The summed E-state index contributed by atoms with van der Waals surface area (Å²) in [7, 11) is -2.05. The van der Waals surface area contributed by atoms with Gasteiger partial charge in [-0.1, -0.05) is 88.6 Å². The summed E-state index contributed by atoms with van der Waals surface area (Å²) < 4.78 is 34.4. The van der Waals surface area contributed by atoms with Gasteiger partial charge in [-0.3, -0.25) is 28.7 Å². The number of hydrogen-bond donors (Lipinski definition) is 4. The van der Waals surface area contributed by atoms with E-state index in [4.69, 9.17) is 9.47 Å². The first-order valence-electron chi connectivity index (χ1n) is 20.6. The Labute approximate surface area is 353 Å². The van der Waals surface area contributed by atoms with Crippen molar-refractivity contribution in [2.24, 2.45) is 0 Å². The number of allylic oxidation sites excluding steroid dienone is 2. The molecule has 332 valence electrons. The highest BCUT2D eigenvalue weighted by atomic mass is 32.2. The van der Waals surface area contributed by atoms with Crippen molar-refractivity contribution in [1.29, 1.82) is 0 Å². The monoisotopic (exact) mass is 845 g/mol. The highest BCUT2D eigenvalue weighted by Gasteiger charge is 2.11. The molecule has 0 aliphatic rings. The summed E-state index contributed by atoms with van der Waals surface area (Å²) in [4.78, 5) is 56.3. The Morgan fingerprint density at radius 1 is 0.695 bits per heavy atom. The summed E-state index contributed by atoms with van der Waals surface area (Å²) in [6, 6.07) is 15.5. The van der Waals surface area contributed by atoms with Crippen LogP contribution in [0, 0.1) is 0 Å². The summed E-state index contributed by atoms with van der Waals surface area (Å²) in [6.07, 6.45) is 20.6. The third-order valence-electron chi connectivity index (χ3n) is 8.90. The van der Waals surface area contributed by atoms with E-state index in [2.05, 4.69) is 47.1 Å². The lowest BCUT2D eigenvalue weighted by Crippen LogP contribution is -2.32. The van der Waals surface area contributed by atoms with E-state index < -0.39 is 27.7 Å². The average molecular weight is 846 g/mol. The summed E-state index contributed by atoms with van der Waals surface area (Å²) in [5.74, 6) is -2.05. The van der Waals surface area contributed by atoms with Gasteiger partial charge < -0.3 is 25.2 Å². The van der Waals surface area contributed by atoms with Crippen molar-refractivity contribution in [1.82, 2.24) is 15.4 Å². The number of rotatable bonds is 31. The molecule has 14 heteroatoms. The van der Waals surface area contributed by atoms with Crippen molar-refractivity contribution >= 4 is 39.3 Å². The van der Waals surface area contributed by atoms with E-state index >= 15 is 0 Å². The Morgan fingerprint density at radius 2 is 1.27 bits per heavy atom. The minimum atomic E-state index is -3.51. The fourth-order valence-corrected chi connectivity index (χ4v) is 6.18. The molecule has 0 unspecified atom stereocenters. The van der Waals surface area contributed by atoms with Crippen LogP contribution in [0.4, 0.5) is 0 Å². The number of benzene rings is 2. The lowest BCUT2D eigenvalue weighted by molar-refractivity contribution is -0.137. The number of aromatic hydroxyl groups is 1. The van der Waals surface area contributed by atoms with E-state index in [-0.39, 0.29) is 37.8 Å². The maximum Gasteiger partial charge on any atom is 0.287 e. The third kappa shape index (κ3) is 30.3. The second-order valence-electron chi connectivity index (χ2n) is 14.1. The molecule has 0 fully saturated rings. The first-order valence-corrected chi connectivity index (χ1v) is 22.5. The number of ether oxygens (including phenoxy) is 2. The number of Topliss-reactive ketones (excluding diaryl/α,β-unsaturated/α-hetero) is 2. The quantitative estimate of drug-likeness (QED) is 0.0355. The predicted octanol–water partition coefficient (Wildman–Crippen LogP) is 6.84. The lowest BCUT2D eigenvalue weighted by Gasteiger charge is -2.10. The van der Waals surface area contributed by atoms with Crippen molar-refractivity contribution in [2.45, 2.75) is 130 Å². The number of unbranched alkanes of at least 4 members (excludes halogenated alkanes) is 9. The van der Waals surface area contributed by atoms with E-state index in [0.717, 1.165) is 108 Å². The Morgan fingerprint density at radius 3 is 1.88 bits per heavy atom. The number of likely N-dealkylation sites (N-methyl/N-ethyl adjacent to an activating group) is 1. The number of hydrogen-bond acceptors (Lipinski definition) is 10. The Balaban J connectivity index is 0.00000112. The fourth-order valence-electron chi connectivity index (χ4n) is 5.70. The zero-order chi connectivity index (χ0) is 42.9. The molecule has 2 aromatic rings. The number of aryl methyl sites for hydroxylation is 2. The van der Waals surface area contributed by atoms with Gasteiger partial charge in [0.2, 0.25) is 21.6 Å². The van der Waals surface area contributed by atoms with Crippen LogP contribution in [-0.4, -0.2) is 82.5 Å². The first-order chi connectivity index (χ1) is 27.9. The van der Waals surface area contributed by atoms with Crippen molar-refractivity contribution < 1.29 is 47.0 Å². The van der Waals surface area contributed by atoms with Crippen LogP contribution in [0.25, 0.3) is 0 Å². The topological polar surface area (TPSA) is 194 Å². The third-order valence-corrected chi connectivity index (χ3v) is 9.50. The van der Waals surface area contributed by atoms with Crippen molar-refractivity contribution in [2.75, 3.05) is 39.7 Å². The molecule has 0 heterocycles. The number of ketones is 2. The smallest absolute Gasteiger partial charge is 0.287 e. The molecule has 3 amide bonds. The van der Waals surface area contributed by atoms with Crippen LogP contribution in [0.3, 0.4) is 0 Å². The first kappa shape index (κ1) is 54.6. The largest absolute Gasteiger partial charge is 0.508 e. The molecule has 0 aliphatic heterocycles. The average Bonchev–Trinajstić information content (AvgIpc) is 3.20. The number of carbonyl (C=O) groups excluding carboxylic acids is 5. The van der Waals surface area contributed by atoms with Crippen molar-refractivity contribution in [3.05, 3.63) is 77.4 Å². The van der Waals surface area contributed by atoms with Crippen LogP contribution in [-0.2, 0) is 62.9 Å². The van der Waals surface area contributed by atoms with Crippen LogP contribution >= 0.6 is 0 Å². The van der Waals surface area contributed by atoms with Gasteiger partial charge in [-0.2, -0.15) is 0 Å². The maximum absolute atomic E-state index is 11.5. The number of phenolic OH excluding ortho intramolecular Hbond substituents is 1. The molecule has 0 spiro atoms. The predicted molar refractivity (Wildman–Crippen MR) is 233 cm³/mol. The molecule has 0 aliphatic carbocycles. The number of amides is 3. The molecule has 4 N–H and O–H groups in total. The lowest BCUT2D eigenvalue weighted by atomic mass is 9.98. The fraction of sp³-hybridized carbons (Fsp3) is 0.578. The molecule has 0 atom stereocenters. The molecule has 0 radical (unpaired) electrons. The minimum Gasteiger partial charge on any atom is -0.508 e. The van der Waals surface area contributed by atoms with E-state index in [1.807, 2.05) is 16.9 Å². The number of carbonyl (C=O) groups is 5. The second-order valence-corrected chi connectivity index (χ2v) is 15.8. The van der Waals surface area contributed by atoms with Gasteiger partial charge in [-0.15, -0.1) is 0 Å². The highest BCUT2D eigenvalue weighted by Crippen LogP contribution is 2.15. The molecule has 2 aromatic carbocycles. The van der Waals surface area contributed by atoms with Crippen molar-refractivity contribution in [3.8, 4) is 5.75 Å². The number of sulfonamides is 1. The highest BCUT2D eigenvalue weighted by molar-refractivity contribution is 7.89. The Kier molecular flexibility index (Phi) is 31.9. The molecular formula is C45H71N3O10S. The van der Waals surface area contributed by atoms with Crippen LogP contribution in [0.1, 0.15) is 127 Å². The second kappa shape index (κ2) is 34.5. The van der Waals surface area contributed by atoms with Crippen molar-refractivity contribution in [3.63, 3.8) is 0 Å². The van der Waals surface area contributed by atoms with Crippen LogP contribution in [0.5, 0.6) is 5.75 Å². The number of phenols is 1. The van der Waals surface area contributed by atoms with E-state index in [0.29, 0.717) is 32.8 Å². The van der Waals surface area contributed by atoms with Gasteiger partial charge in [0.15, 0.2) is 0 Å². The normalized spacial score (nSPS) is 10.9. The standard InChI is InChI=1S/C24H31NO4.C20H36N2O6S.CH4/c1-2-23(27)24(28)25-16-6-5-10-20-8-3-4-9-21(20)11-7-17-29-18-19-12-14-22(26)15-13-19;1-21-20(25)18(23)15-13-11-9-7-5-3-4-6-8-10-12-14-16-28-17-19(24)22-29(2,26)27;/h3-4,8-9,12-15,26H,2,5-7,10-11,16-18H2,1H3,(H,25,28);3,5H,4,6-17H2,1-2H3,(H,21,25)(H,22,24);1H4/b;5-3-;. The molecule has 0 saturated heterocycles. The van der Waals surface area contributed by atoms with E-state index in [9.17, 15) is 37.5 Å². The van der Waals surface area contributed by atoms with Gasteiger partial charge in [0.05, 0.1) is 12.9 Å². The minimum absolute atomic E-state index is 0. The molecule has 59 heavy (non-hydrogen) atoms. The summed E-state index contributed by atoms with van der Waals surface area (Å²) in [6.45, 7) is 3.68. The summed E-state index contributed by atoms with van der Waals surface area (Å²) in [5.41, 5.74) is 3.73. The Bertz CT molecular complexity index is 1630. The zero-order valence-electron chi connectivity index (χ0n) is 34.9. The molecule has 0 bridgehead atoms. The zero-order valence-corrected chi connectivity index (χ0v) is 35.7. The molecule has 0 aromatic heterocycles. The summed E-state index contributed by atoms with van der Waals surface area (Å²) >= 11 is 0. The summed E-state index contributed by atoms with van der Waals surface area (Å²) in [5, 5.41) is 14.3. The van der Waals surface area contributed by atoms with Gasteiger partial charge in [-0.05, 0) is 99.5 Å². The SMILES string of the molecule is C.CCC(=O)C(=O)NCCCCc1ccccc1CCCOCc1ccc(O)cc1.CNC(=O)C(=O)CCCCC/C=C\CCCCCCCOCC(=O)NS(C)(=O)=O. The maximum atomic E-state index is 11.5. The molecular weight excluding hydrogens is 775 g/mol.